The minimum atomic E-state index is -0.547. The first-order valence-electron chi connectivity index (χ1n) is 6.73. The molecule has 1 heterocycles. The summed E-state index contributed by atoms with van der Waals surface area (Å²) in [6.45, 7) is -0.0523. The van der Waals surface area contributed by atoms with Crippen LogP contribution in [0.3, 0.4) is 0 Å². The Bertz CT molecular complexity index is 469. The van der Waals surface area contributed by atoms with Gasteiger partial charge < -0.3 is 20.1 Å². The van der Waals surface area contributed by atoms with Gasteiger partial charge in [-0.1, -0.05) is 5.16 Å². The Morgan fingerprint density at radius 1 is 1.47 bits per heavy atom. The molecule has 0 unspecified atom stereocenters. The lowest BCUT2D eigenvalue weighted by Gasteiger charge is -2.10. The van der Waals surface area contributed by atoms with E-state index in [-0.39, 0.29) is 24.5 Å². The quantitative estimate of drug-likeness (QED) is 0.733. The predicted molar refractivity (Wildman–Crippen MR) is 65.5 cm³/mol. The fourth-order valence-corrected chi connectivity index (χ4v) is 2.63. The first kappa shape index (κ1) is 12.6. The van der Waals surface area contributed by atoms with Crippen LogP contribution in [0.25, 0.3) is 0 Å². The topological polar surface area (TPSA) is 95.6 Å². The molecule has 2 aliphatic rings. The number of aromatic nitrogens is 1. The molecule has 3 rings (SSSR count). The molecule has 0 aliphatic heterocycles. The highest BCUT2D eigenvalue weighted by Gasteiger charge is 2.34. The molecule has 2 saturated carbocycles. The van der Waals surface area contributed by atoms with Gasteiger partial charge in [0.15, 0.2) is 5.69 Å². The first-order valence-corrected chi connectivity index (χ1v) is 6.73. The van der Waals surface area contributed by atoms with Gasteiger partial charge in [-0.2, -0.15) is 0 Å². The lowest BCUT2D eigenvalue weighted by Crippen LogP contribution is -2.33. The van der Waals surface area contributed by atoms with Gasteiger partial charge in [0.05, 0.1) is 6.10 Å². The van der Waals surface area contributed by atoms with Crippen LogP contribution in [0.15, 0.2) is 10.6 Å². The zero-order chi connectivity index (χ0) is 13.4. The second kappa shape index (κ2) is 4.94. The van der Waals surface area contributed by atoms with Crippen molar-refractivity contribution in [3.8, 4) is 0 Å². The van der Waals surface area contributed by atoms with Gasteiger partial charge in [-0.15, -0.1) is 0 Å². The van der Waals surface area contributed by atoms with E-state index >= 15 is 0 Å². The van der Waals surface area contributed by atoms with Crippen LogP contribution in [-0.2, 0) is 0 Å². The van der Waals surface area contributed by atoms with E-state index < -0.39 is 6.10 Å². The van der Waals surface area contributed by atoms with E-state index in [1.165, 1.54) is 0 Å². The lowest BCUT2D eigenvalue weighted by atomic mass is 10.1. The maximum Gasteiger partial charge on any atom is 0.273 e. The summed E-state index contributed by atoms with van der Waals surface area (Å²) in [4.78, 5) is 12.0. The number of amides is 1. The van der Waals surface area contributed by atoms with Crippen LogP contribution in [0.4, 0.5) is 0 Å². The fourth-order valence-electron chi connectivity index (χ4n) is 2.63. The fraction of sp³-hybridized carbons (Fsp3) is 0.692. The summed E-state index contributed by atoms with van der Waals surface area (Å²) >= 11 is 0. The molecule has 0 spiro atoms. The third-order valence-corrected chi connectivity index (χ3v) is 3.97. The lowest BCUT2D eigenvalue weighted by molar-refractivity contribution is 0.0902. The van der Waals surface area contributed by atoms with Gasteiger partial charge >= 0.3 is 0 Å². The maximum absolute atomic E-state index is 12.0. The second-order valence-corrected chi connectivity index (χ2v) is 5.54. The highest BCUT2D eigenvalue weighted by atomic mass is 16.5. The van der Waals surface area contributed by atoms with Crippen molar-refractivity contribution in [1.82, 2.24) is 10.5 Å². The number of carbonyl (C=O) groups is 1. The Hall–Kier alpha value is -1.40. The van der Waals surface area contributed by atoms with Crippen molar-refractivity contribution in [2.45, 2.75) is 43.7 Å². The molecule has 3 atom stereocenters. The molecule has 0 saturated heterocycles. The van der Waals surface area contributed by atoms with E-state index in [4.69, 9.17) is 9.63 Å². The van der Waals surface area contributed by atoms with Crippen molar-refractivity contribution in [1.29, 1.82) is 0 Å². The molecule has 0 aromatic carbocycles. The average molecular weight is 266 g/mol. The van der Waals surface area contributed by atoms with Crippen LogP contribution in [0.1, 0.15) is 47.8 Å². The van der Waals surface area contributed by atoms with Crippen LogP contribution in [-0.4, -0.2) is 40.0 Å². The smallest absolute Gasteiger partial charge is 0.273 e. The molecular formula is C13H18N2O4. The summed E-state index contributed by atoms with van der Waals surface area (Å²) < 4.78 is 5.14. The number of aliphatic hydroxyl groups is 2. The normalized spacial score (nSPS) is 30.5. The molecule has 0 bridgehead atoms. The van der Waals surface area contributed by atoms with Gasteiger partial charge in [0.25, 0.3) is 5.91 Å². The summed E-state index contributed by atoms with van der Waals surface area (Å²) in [6, 6.07) is 1.59. The molecule has 19 heavy (non-hydrogen) atoms. The van der Waals surface area contributed by atoms with Crippen LogP contribution in [0.5, 0.6) is 0 Å². The van der Waals surface area contributed by atoms with Gasteiger partial charge in [-0.25, -0.2) is 0 Å². The molecule has 2 fully saturated rings. The molecule has 6 nitrogen and oxygen atoms in total. The Balaban J connectivity index is 1.58. The van der Waals surface area contributed by atoms with Crippen LogP contribution >= 0.6 is 0 Å². The van der Waals surface area contributed by atoms with E-state index in [0.29, 0.717) is 24.5 Å². The zero-order valence-electron chi connectivity index (χ0n) is 10.6. The summed E-state index contributed by atoms with van der Waals surface area (Å²) in [7, 11) is 0. The molecule has 104 valence electrons. The van der Waals surface area contributed by atoms with E-state index in [1.54, 1.807) is 6.07 Å². The highest BCUT2D eigenvalue weighted by molar-refractivity contribution is 5.92. The number of hydrogen-bond donors (Lipinski definition) is 3. The SMILES string of the molecule is O=C(N[C@@H]1C[C@@H](CO)[C@H](O)C1)c1cc(C2CC2)on1. The minimum Gasteiger partial charge on any atom is -0.396 e. The van der Waals surface area contributed by atoms with Crippen molar-refractivity contribution in [2.75, 3.05) is 6.61 Å². The predicted octanol–water partition coefficient (Wildman–Crippen LogP) is 0.414. The summed E-state index contributed by atoms with van der Waals surface area (Å²) in [5, 5.41) is 25.4. The third-order valence-electron chi connectivity index (χ3n) is 3.97. The third kappa shape index (κ3) is 2.64. The van der Waals surface area contributed by atoms with Gasteiger partial charge in [0.1, 0.15) is 5.76 Å². The van der Waals surface area contributed by atoms with Gasteiger partial charge in [-0.05, 0) is 25.7 Å². The monoisotopic (exact) mass is 266 g/mol. The maximum atomic E-state index is 12.0. The summed E-state index contributed by atoms with van der Waals surface area (Å²) in [5.41, 5.74) is 0.295. The van der Waals surface area contributed by atoms with Crippen molar-refractivity contribution in [3.05, 3.63) is 17.5 Å². The number of carbonyl (C=O) groups excluding carboxylic acids is 1. The van der Waals surface area contributed by atoms with Crippen LogP contribution < -0.4 is 5.32 Å². The Labute approximate surface area is 110 Å². The van der Waals surface area contributed by atoms with Gasteiger partial charge in [-0.3, -0.25) is 4.79 Å². The number of hydrogen-bond acceptors (Lipinski definition) is 5. The van der Waals surface area contributed by atoms with Gasteiger partial charge in [0.2, 0.25) is 0 Å². The Morgan fingerprint density at radius 3 is 2.89 bits per heavy atom. The molecule has 6 heteroatoms. The van der Waals surface area contributed by atoms with E-state index in [2.05, 4.69) is 10.5 Å². The van der Waals surface area contributed by atoms with Crippen LogP contribution in [0.2, 0.25) is 0 Å². The van der Waals surface area contributed by atoms with Crippen LogP contribution in [0, 0.1) is 5.92 Å². The molecule has 1 amide bonds. The Kier molecular flexibility index (Phi) is 3.28. The average Bonchev–Trinajstić information content (AvgIpc) is 3.01. The molecule has 1 aromatic rings. The van der Waals surface area contributed by atoms with Crippen molar-refractivity contribution >= 4 is 5.91 Å². The van der Waals surface area contributed by atoms with Gasteiger partial charge in [0, 0.05) is 30.6 Å². The number of nitrogens with one attached hydrogen (secondary N) is 1. The number of aliphatic hydroxyl groups excluding tert-OH is 2. The molecule has 1 aromatic heterocycles. The molecular weight excluding hydrogens is 248 g/mol. The van der Waals surface area contributed by atoms with Crippen molar-refractivity contribution in [2.24, 2.45) is 5.92 Å². The van der Waals surface area contributed by atoms with Crippen molar-refractivity contribution < 1.29 is 19.5 Å². The summed E-state index contributed by atoms with van der Waals surface area (Å²) in [5.74, 6) is 0.794. The summed E-state index contributed by atoms with van der Waals surface area (Å²) in [6.07, 6.45) is 2.72. The zero-order valence-corrected chi connectivity index (χ0v) is 10.6. The minimum absolute atomic E-state index is 0.0523. The number of rotatable bonds is 4. The van der Waals surface area contributed by atoms with E-state index in [0.717, 1.165) is 18.6 Å². The number of nitrogens with zero attached hydrogens (tertiary/aromatic N) is 1. The van der Waals surface area contributed by atoms with Crippen molar-refractivity contribution in [3.63, 3.8) is 0 Å². The second-order valence-electron chi connectivity index (χ2n) is 5.54. The standard InChI is InChI=1S/C13H18N2O4/c16-6-8-3-9(4-11(8)17)14-13(18)10-5-12(19-15-10)7-1-2-7/h5,7-9,11,16-17H,1-4,6H2,(H,14,18)/t8-,9+,11+/m0/s1. The highest BCUT2D eigenvalue weighted by Crippen LogP contribution is 2.40. The molecule has 2 aliphatic carbocycles. The largest absolute Gasteiger partial charge is 0.396 e. The molecule has 0 radical (unpaired) electrons. The molecule has 3 N–H and O–H groups in total. The first-order chi connectivity index (χ1) is 9.17. The van der Waals surface area contributed by atoms with E-state index in [1.807, 2.05) is 0 Å². The van der Waals surface area contributed by atoms with E-state index in [9.17, 15) is 9.90 Å². The Morgan fingerprint density at radius 2 is 2.26 bits per heavy atom.